The maximum atomic E-state index is 12.7. The summed E-state index contributed by atoms with van der Waals surface area (Å²) in [6, 6.07) is 12.2. The first-order valence-corrected chi connectivity index (χ1v) is 9.33. The van der Waals surface area contributed by atoms with E-state index in [0.717, 1.165) is 5.75 Å². The molecule has 1 fully saturated rings. The van der Waals surface area contributed by atoms with E-state index in [9.17, 15) is 9.59 Å². The average molecular weight is 395 g/mol. The van der Waals surface area contributed by atoms with Crippen LogP contribution in [0.1, 0.15) is 20.8 Å². The van der Waals surface area contributed by atoms with Gasteiger partial charge in [-0.3, -0.25) is 14.5 Å². The molecule has 0 radical (unpaired) electrons. The summed E-state index contributed by atoms with van der Waals surface area (Å²) in [7, 11) is 1.59. The van der Waals surface area contributed by atoms with Crippen molar-refractivity contribution in [3.8, 4) is 17.3 Å². The van der Waals surface area contributed by atoms with Gasteiger partial charge in [-0.05, 0) is 36.4 Å². The largest absolute Gasteiger partial charge is 0.497 e. The van der Waals surface area contributed by atoms with Crippen molar-refractivity contribution in [2.24, 2.45) is 0 Å². The highest BCUT2D eigenvalue weighted by atomic mass is 16.5. The second-order valence-electron chi connectivity index (χ2n) is 6.77. The fourth-order valence-electron chi connectivity index (χ4n) is 3.25. The summed E-state index contributed by atoms with van der Waals surface area (Å²) in [4.78, 5) is 28.9. The van der Waals surface area contributed by atoms with Gasteiger partial charge in [0, 0.05) is 37.8 Å². The fourth-order valence-corrected chi connectivity index (χ4v) is 3.25. The van der Waals surface area contributed by atoms with Crippen molar-refractivity contribution >= 4 is 11.7 Å². The number of ketones is 1. The van der Waals surface area contributed by atoms with Crippen LogP contribution in [0, 0.1) is 0 Å². The predicted octanol–water partition coefficient (Wildman–Crippen LogP) is 2.58. The van der Waals surface area contributed by atoms with Gasteiger partial charge in [-0.1, -0.05) is 5.16 Å². The standard InChI is InChI=1S/C21H21N3O5/c1-27-16-6-4-15(5-7-16)18(25)14-23-8-10-24(11-9-23)21(26)17-13-20(29-22-17)19-3-2-12-28-19/h2-7,12-13H,8-11,14H2,1H3. The molecule has 1 amide bonds. The normalized spacial score (nSPS) is 14.7. The van der Waals surface area contributed by atoms with Gasteiger partial charge in [0.2, 0.25) is 5.76 Å². The molecule has 0 atom stereocenters. The van der Waals surface area contributed by atoms with Gasteiger partial charge in [-0.15, -0.1) is 0 Å². The third-order valence-electron chi connectivity index (χ3n) is 4.93. The average Bonchev–Trinajstić information content (AvgIpc) is 3.46. The number of hydrogen-bond donors (Lipinski definition) is 0. The van der Waals surface area contributed by atoms with E-state index in [-0.39, 0.29) is 17.4 Å². The Bertz CT molecular complexity index is 970. The highest BCUT2D eigenvalue weighted by Gasteiger charge is 2.26. The minimum atomic E-state index is -0.187. The van der Waals surface area contributed by atoms with Crippen LogP contribution in [0.25, 0.3) is 11.5 Å². The van der Waals surface area contributed by atoms with E-state index in [1.165, 1.54) is 6.26 Å². The van der Waals surface area contributed by atoms with Crippen LogP contribution in [0.5, 0.6) is 5.75 Å². The molecule has 150 valence electrons. The van der Waals surface area contributed by atoms with Gasteiger partial charge in [0.1, 0.15) is 5.75 Å². The summed E-state index contributed by atoms with van der Waals surface area (Å²) in [6.45, 7) is 2.61. The first kappa shape index (κ1) is 18.9. The zero-order chi connectivity index (χ0) is 20.2. The Balaban J connectivity index is 1.30. The van der Waals surface area contributed by atoms with Gasteiger partial charge in [0.25, 0.3) is 5.91 Å². The minimum Gasteiger partial charge on any atom is -0.497 e. The number of carbonyl (C=O) groups excluding carboxylic acids is 2. The molecule has 0 aliphatic carbocycles. The van der Waals surface area contributed by atoms with Crippen LogP contribution in [-0.2, 0) is 0 Å². The van der Waals surface area contributed by atoms with Crippen LogP contribution < -0.4 is 4.74 Å². The van der Waals surface area contributed by atoms with Crippen LogP contribution >= 0.6 is 0 Å². The van der Waals surface area contributed by atoms with Gasteiger partial charge in [0.05, 0.1) is 19.9 Å². The number of hydrogen-bond acceptors (Lipinski definition) is 7. The van der Waals surface area contributed by atoms with Crippen molar-refractivity contribution in [3.05, 3.63) is 60.0 Å². The van der Waals surface area contributed by atoms with Crippen molar-refractivity contribution in [2.45, 2.75) is 0 Å². The topological polar surface area (TPSA) is 89.0 Å². The monoisotopic (exact) mass is 395 g/mol. The van der Waals surface area contributed by atoms with Crippen molar-refractivity contribution in [1.82, 2.24) is 15.0 Å². The van der Waals surface area contributed by atoms with Crippen molar-refractivity contribution in [2.75, 3.05) is 39.8 Å². The van der Waals surface area contributed by atoms with E-state index in [2.05, 4.69) is 5.16 Å². The van der Waals surface area contributed by atoms with E-state index in [4.69, 9.17) is 13.7 Å². The minimum absolute atomic E-state index is 0.0482. The number of furan rings is 1. The molecule has 1 saturated heterocycles. The van der Waals surface area contributed by atoms with E-state index in [0.29, 0.717) is 49.8 Å². The van der Waals surface area contributed by atoms with Crippen LogP contribution in [0.3, 0.4) is 0 Å². The molecular weight excluding hydrogens is 374 g/mol. The summed E-state index contributed by atoms with van der Waals surface area (Å²) in [5.41, 5.74) is 0.900. The zero-order valence-electron chi connectivity index (χ0n) is 16.0. The lowest BCUT2D eigenvalue weighted by molar-refractivity contribution is 0.0615. The molecule has 0 unspecified atom stereocenters. The van der Waals surface area contributed by atoms with Gasteiger partial charge >= 0.3 is 0 Å². The molecule has 8 nitrogen and oxygen atoms in total. The number of ether oxygens (including phenoxy) is 1. The number of aromatic nitrogens is 1. The van der Waals surface area contributed by atoms with E-state index < -0.39 is 0 Å². The lowest BCUT2D eigenvalue weighted by Crippen LogP contribution is -2.50. The molecule has 3 aromatic rings. The number of Topliss-reactive ketones (excluding diaryl/α,β-unsaturated/α-hetero) is 1. The molecule has 1 aliphatic rings. The molecule has 8 heteroatoms. The van der Waals surface area contributed by atoms with Crippen LogP contribution in [-0.4, -0.2) is 66.5 Å². The second kappa shape index (κ2) is 8.32. The van der Waals surface area contributed by atoms with Gasteiger partial charge in [-0.25, -0.2) is 0 Å². The fraction of sp³-hybridized carbons (Fsp3) is 0.286. The summed E-state index contributed by atoms with van der Waals surface area (Å²) in [6.07, 6.45) is 1.53. The summed E-state index contributed by atoms with van der Waals surface area (Å²) < 4.78 is 15.6. The van der Waals surface area contributed by atoms with Crippen LogP contribution in [0.15, 0.2) is 57.7 Å². The van der Waals surface area contributed by atoms with Crippen LogP contribution in [0.4, 0.5) is 0 Å². The molecular formula is C21H21N3O5. The molecule has 3 heterocycles. The summed E-state index contributed by atoms with van der Waals surface area (Å²) in [5, 5.41) is 3.86. The number of piperazine rings is 1. The number of benzene rings is 1. The molecule has 1 aromatic carbocycles. The molecule has 2 aromatic heterocycles. The Morgan fingerprint density at radius 3 is 2.48 bits per heavy atom. The van der Waals surface area contributed by atoms with Gasteiger partial charge in [0.15, 0.2) is 17.2 Å². The molecule has 4 rings (SSSR count). The Morgan fingerprint density at radius 1 is 1.07 bits per heavy atom. The molecule has 29 heavy (non-hydrogen) atoms. The summed E-state index contributed by atoms with van der Waals surface area (Å²) >= 11 is 0. The maximum absolute atomic E-state index is 12.7. The second-order valence-corrected chi connectivity index (χ2v) is 6.77. The Morgan fingerprint density at radius 2 is 1.83 bits per heavy atom. The van der Waals surface area contributed by atoms with E-state index in [1.807, 2.05) is 4.90 Å². The highest BCUT2D eigenvalue weighted by Crippen LogP contribution is 2.21. The van der Waals surface area contributed by atoms with Gasteiger partial charge < -0.3 is 18.6 Å². The molecule has 1 aliphatic heterocycles. The van der Waals surface area contributed by atoms with Crippen molar-refractivity contribution in [1.29, 1.82) is 0 Å². The molecule has 0 spiro atoms. The Hall–Kier alpha value is -3.39. The van der Waals surface area contributed by atoms with Crippen LogP contribution in [0.2, 0.25) is 0 Å². The summed E-state index contributed by atoms with van der Waals surface area (Å²) in [5.74, 6) is 1.52. The number of nitrogens with zero attached hydrogens (tertiary/aromatic N) is 3. The van der Waals surface area contributed by atoms with E-state index >= 15 is 0 Å². The quantitative estimate of drug-likeness (QED) is 0.593. The number of methoxy groups -OCH3 is 1. The zero-order valence-corrected chi connectivity index (χ0v) is 16.0. The molecule has 0 N–H and O–H groups in total. The number of amides is 1. The Kier molecular flexibility index (Phi) is 5.44. The highest BCUT2D eigenvalue weighted by molar-refractivity contribution is 5.97. The lowest BCUT2D eigenvalue weighted by atomic mass is 10.1. The SMILES string of the molecule is COc1ccc(C(=O)CN2CCN(C(=O)c3cc(-c4ccco4)on3)CC2)cc1. The maximum Gasteiger partial charge on any atom is 0.276 e. The number of rotatable bonds is 6. The predicted molar refractivity (Wildman–Crippen MR) is 104 cm³/mol. The molecule has 0 bridgehead atoms. The first-order chi connectivity index (χ1) is 14.1. The first-order valence-electron chi connectivity index (χ1n) is 9.33. The van der Waals surface area contributed by atoms with Crippen molar-refractivity contribution in [3.63, 3.8) is 0 Å². The Labute approximate surface area is 167 Å². The molecule has 0 saturated carbocycles. The van der Waals surface area contributed by atoms with E-state index in [1.54, 1.807) is 54.5 Å². The third kappa shape index (κ3) is 4.22. The third-order valence-corrected chi connectivity index (χ3v) is 4.93. The van der Waals surface area contributed by atoms with Crippen molar-refractivity contribution < 1.29 is 23.3 Å². The van der Waals surface area contributed by atoms with Gasteiger partial charge in [-0.2, -0.15) is 0 Å². The smallest absolute Gasteiger partial charge is 0.276 e. The number of carbonyl (C=O) groups is 2. The lowest BCUT2D eigenvalue weighted by Gasteiger charge is -2.33.